The van der Waals surface area contributed by atoms with E-state index in [0.29, 0.717) is 11.9 Å². The van der Waals surface area contributed by atoms with Gasteiger partial charge in [0.2, 0.25) is 0 Å². The fourth-order valence-electron chi connectivity index (χ4n) is 2.31. The number of carbonyl (C=O) groups is 1. The number of hydrogen-bond acceptors (Lipinski definition) is 2. The second-order valence-electron chi connectivity index (χ2n) is 5.00. The quantitative estimate of drug-likeness (QED) is 0.587. The minimum Gasteiger partial charge on any atom is -0.378 e. The van der Waals surface area contributed by atoms with Crippen LogP contribution in [0.3, 0.4) is 0 Å². The normalized spacial score (nSPS) is 17.6. The van der Waals surface area contributed by atoms with E-state index in [9.17, 15) is 4.79 Å². The van der Waals surface area contributed by atoms with Gasteiger partial charge in [0.25, 0.3) is 0 Å². The van der Waals surface area contributed by atoms with E-state index in [-0.39, 0.29) is 0 Å². The lowest BCUT2D eigenvalue weighted by atomic mass is 9.98. The van der Waals surface area contributed by atoms with Gasteiger partial charge < -0.3 is 9.53 Å². The van der Waals surface area contributed by atoms with Gasteiger partial charge in [-0.3, -0.25) is 0 Å². The van der Waals surface area contributed by atoms with Crippen molar-refractivity contribution >= 4 is 5.78 Å². The van der Waals surface area contributed by atoms with Crippen molar-refractivity contribution in [3.05, 3.63) is 0 Å². The average molecular weight is 226 g/mol. The Bertz CT molecular complexity index is 183. The highest BCUT2D eigenvalue weighted by molar-refractivity contribution is 5.75. The molecule has 0 bridgehead atoms. The second-order valence-corrected chi connectivity index (χ2v) is 5.00. The monoisotopic (exact) mass is 226 g/mol. The summed E-state index contributed by atoms with van der Waals surface area (Å²) in [6.07, 6.45) is 12.5. The third kappa shape index (κ3) is 7.00. The van der Waals surface area contributed by atoms with Crippen LogP contribution in [-0.4, -0.2) is 18.5 Å². The molecule has 0 saturated heterocycles. The van der Waals surface area contributed by atoms with Crippen LogP contribution in [-0.2, 0) is 9.53 Å². The van der Waals surface area contributed by atoms with Crippen LogP contribution in [0.5, 0.6) is 0 Å². The van der Waals surface area contributed by atoms with Crippen molar-refractivity contribution in [2.45, 2.75) is 77.2 Å². The zero-order chi connectivity index (χ0) is 11.6. The maximum absolute atomic E-state index is 10.7. The summed E-state index contributed by atoms with van der Waals surface area (Å²) >= 11 is 0. The van der Waals surface area contributed by atoms with Crippen molar-refractivity contribution in [2.24, 2.45) is 0 Å². The van der Waals surface area contributed by atoms with E-state index in [2.05, 4.69) is 0 Å². The fraction of sp³-hybridized carbons (Fsp3) is 0.929. The maximum Gasteiger partial charge on any atom is 0.129 e. The molecule has 1 saturated carbocycles. The molecule has 0 unspecified atom stereocenters. The zero-order valence-electron chi connectivity index (χ0n) is 10.7. The largest absolute Gasteiger partial charge is 0.378 e. The number of Topliss-reactive ketones (excluding diaryl/α,β-unsaturated/α-hetero) is 1. The standard InChI is InChI=1S/C14H26O2/c1-13(15)9-5-2-3-8-12-16-14-10-6-4-7-11-14/h14H,2-12H2,1H3. The molecule has 0 heterocycles. The molecule has 0 aromatic rings. The predicted molar refractivity (Wildman–Crippen MR) is 66.6 cm³/mol. The number of carbonyl (C=O) groups excluding carboxylic acids is 1. The summed E-state index contributed by atoms with van der Waals surface area (Å²) in [4.78, 5) is 10.7. The number of hydrogen-bond donors (Lipinski definition) is 0. The van der Waals surface area contributed by atoms with Gasteiger partial charge in [-0.15, -0.1) is 0 Å². The van der Waals surface area contributed by atoms with Gasteiger partial charge in [-0.25, -0.2) is 0 Å². The SMILES string of the molecule is CC(=O)CCCCCCOC1CCCCC1. The van der Waals surface area contributed by atoms with Gasteiger partial charge in [-0.05, 0) is 32.6 Å². The van der Waals surface area contributed by atoms with Gasteiger partial charge in [0, 0.05) is 13.0 Å². The van der Waals surface area contributed by atoms with Crippen molar-refractivity contribution in [1.82, 2.24) is 0 Å². The van der Waals surface area contributed by atoms with E-state index in [1.54, 1.807) is 6.92 Å². The lowest BCUT2D eigenvalue weighted by molar-refractivity contribution is -0.117. The van der Waals surface area contributed by atoms with Gasteiger partial charge in [-0.1, -0.05) is 32.1 Å². The summed E-state index contributed by atoms with van der Waals surface area (Å²) in [5.74, 6) is 0.318. The minimum atomic E-state index is 0.318. The molecular weight excluding hydrogens is 200 g/mol. The van der Waals surface area contributed by atoms with Crippen molar-refractivity contribution in [1.29, 1.82) is 0 Å². The molecule has 16 heavy (non-hydrogen) atoms. The summed E-state index contributed by atoms with van der Waals surface area (Å²) in [5.41, 5.74) is 0. The molecule has 0 amide bonds. The molecule has 94 valence electrons. The molecule has 1 aliphatic rings. The first kappa shape index (κ1) is 13.7. The number of unbranched alkanes of at least 4 members (excludes halogenated alkanes) is 3. The van der Waals surface area contributed by atoms with E-state index in [4.69, 9.17) is 4.74 Å². The van der Waals surface area contributed by atoms with Crippen LogP contribution < -0.4 is 0 Å². The zero-order valence-corrected chi connectivity index (χ0v) is 10.7. The van der Waals surface area contributed by atoms with Crippen LogP contribution in [0, 0.1) is 0 Å². The first-order valence-electron chi connectivity index (χ1n) is 6.90. The molecular formula is C14H26O2. The van der Waals surface area contributed by atoms with Gasteiger partial charge in [0.15, 0.2) is 0 Å². The van der Waals surface area contributed by atoms with E-state index in [0.717, 1.165) is 25.9 Å². The minimum absolute atomic E-state index is 0.318. The molecule has 1 fully saturated rings. The Hall–Kier alpha value is -0.370. The molecule has 2 nitrogen and oxygen atoms in total. The van der Waals surface area contributed by atoms with Gasteiger partial charge in [-0.2, -0.15) is 0 Å². The molecule has 0 atom stereocenters. The highest BCUT2D eigenvalue weighted by atomic mass is 16.5. The van der Waals surface area contributed by atoms with Crippen molar-refractivity contribution in [3.8, 4) is 0 Å². The van der Waals surface area contributed by atoms with Crippen molar-refractivity contribution in [2.75, 3.05) is 6.61 Å². The lowest BCUT2D eigenvalue weighted by Gasteiger charge is -2.21. The Kier molecular flexibility index (Phi) is 7.48. The summed E-state index contributed by atoms with van der Waals surface area (Å²) in [5, 5.41) is 0. The van der Waals surface area contributed by atoms with Crippen LogP contribution in [0.4, 0.5) is 0 Å². The second kappa shape index (κ2) is 8.74. The predicted octanol–water partition coefficient (Wildman–Crippen LogP) is 3.88. The van der Waals surface area contributed by atoms with Crippen LogP contribution in [0.1, 0.15) is 71.1 Å². The first-order valence-corrected chi connectivity index (χ1v) is 6.90. The topological polar surface area (TPSA) is 26.3 Å². The van der Waals surface area contributed by atoms with Crippen LogP contribution in [0.15, 0.2) is 0 Å². The lowest BCUT2D eigenvalue weighted by Crippen LogP contribution is -2.17. The smallest absolute Gasteiger partial charge is 0.129 e. The maximum atomic E-state index is 10.7. The first-order chi connectivity index (χ1) is 7.79. The van der Waals surface area contributed by atoms with Crippen LogP contribution >= 0.6 is 0 Å². The molecule has 1 rings (SSSR count). The van der Waals surface area contributed by atoms with Gasteiger partial charge >= 0.3 is 0 Å². The third-order valence-corrected chi connectivity index (χ3v) is 3.33. The number of ketones is 1. The summed E-state index contributed by atoms with van der Waals surface area (Å²) < 4.78 is 5.84. The highest BCUT2D eigenvalue weighted by Gasteiger charge is 2.12. The van der Waals surface area contributed by atoms with Crippen molar-refractivity contribution in [3.63, 3.8) is 0 Å². The Morgan fingerprint density at radius 1 is 1.06 bits per heavy atom. The average Bonchev–Trinajstić information content (AvgIpc) is 2.29. The van der Waals surface area contributed by atoms with Crippen LogP contribution in [0.25, 0.3) is 0 Å². The van der Waals surface area contributed by atoms with Gasteiger partial charge in [0.1, 0.15) is 5.78 Å². The van der Waals surface area contributed by atoms with Crippen LogP contribution in [0.2, 0.25) is 0 Å². The number of rotatable bonds is 8. The molecule has 0 aromatic heterocycles. The van der Waals surface area contributed by atoms with Crippen molar-refractivity contribution < 1.29 is 9.53 Å². The molecule has 0 aromatic carbocycles. The van der Waals surface area contributed by atoms with E-state index < -0.39 is 0 Å². The molecule has 1 aliphatic carbocycles. The van der Waals surface area contributed by atoms with E-state index in [1.165, 1.54) is 44.9 Å². The summed E-state index contributed by atoms with van der Waals surface area (Å²) in [6, 6.07) is 0. The summed E-state index contributed by atoms with van der Waals surface area (Å²) in [7, 11) is 0. The fourth-order valence-corrected chi connectivity index (χ4v) is 2.31. The van der Waals surface area contributed by atoms with E-state index >= 15 is 0 Å². The Morgan fingerprint density at radius 2 is 1.75 bits per heavy atom. The Labute approximate surface area is 99.8 Å². The molecule has 0 N–H and O–H groups in total. The van der Waals surface area contributed by atoms with Gasteiger partial charge in [0.05, 0.1) is 6.10 Å². The molecule has 0 spiro atoms. The molecule has 2 heteroatoms. The Morgan fingerprint density at radius 3 is 2.44 bits per heavy atom. The summed E-state index contributed by atoms with van der Waals surface area (Å²) in [6.45, 7) is 2.59. The third-order valence-electron chi connectivity index (χ3n) is 3.33. The molecule has 0 aliphatic heterocycles. The van der Waals surface area contributed by atoms with E-state index in [1.807, 2.05) is 0 Å². The Balaban J connectivity index is 1.82. The highest BCUT2D eigenvalue weighted by Crippen LogP contribution is 2.20. The number of ether oxygens (including phenoxy) is 1. The molecule has 0 radical (unpaired) electrons.